The number of nitrogen functional groups attached to an aromatic ring is 1. The summed E-state index contributed by atoms with van der Waals surface area (Å²) < 4.78 is 12.7. The van der Waals surface area contributed by atoms with Crippen LogP contribution in [0.5, 0.6) is 11.6 Å². The normalized spacial score (nSPS) is 10.7. The predicted octanol–water partition coefficient (Wildman–Crippen LogP) is 1.90. The van der Waals surface area contributed by atoms with Gasteiger partial charge in [0.05, 0.1) is 13.3 Å². The summed E-state index contributed by atoms with van der Waals surface area (Å²) in [6, 6.07) is 7.66. The largest absolute Gasteiger partial charge is 0.497 e. The molecule has 0 radical (unpaired) electrons. The molecule has 0 aliphatic heterocycles. The van der Waals surface area contributed by atoms with E-state index < -0.39 is 0 Å². The van der Waals surface area contributed by atoms with E-state index >= 15 is 0 Å². The molecule has 0 spiro atoms. The molecule has 2 N–H and O–H groups in total. The van der Waals surface area contributed by atoms with Crippen molar-refractivity contribution in [3.63, 3.8) is 0 Å². The van der Waals surface area contributed by atoms with Gasteiger partial charge in [-0.2, -0.15) is 4.98 Å². The Morgan fingerprint density at radius 1 is 1.35 bits per heavy atom. The molecule has 2 heterocycles. The molecule has 20 heavy (non-hydrogen) atoms. The van der Waals surface area contributed by atoms with Crippen LogP contribution in [0, 0.1) is 0 Å². The monoisotopic (exact) mass is 270 g/mol. The highest BCUT2D eigenvalue weighted by Gasteiger charge is 2.08. The van der Waals surface area contributed by atoms with E-state index in [4.69, 9.17) is 15.2 Å². The highest BCUT2D eigenvalue weighted by Crippen LogP contribution is 2.19. The molecule has 0 fully saturated rings. The van der Waals surface area contributed by atoms with Gasteiger partial charge in [0.25, 0.3) is 5.88 Å². The van der Waals surface area contributed by atoms with Gasteiger partial charge in [0, 0.05) is 12.4 Å². The van der Waals surface area contributed by atoms with Crippen molar-refractivity contribution in [3.8, 4) is 11.6 Å². The Hall–Kier alpha value is -2.76. The van der Waals surface area contributed by atoms with Crippen LogP contribution < -0.4 is 15.2 Å². The Kier molecular flexibility index (Phi) is 3.12. The number of hydrogen-bond donors (Lipinski definition) is 1. The van der Waals surface area contributed by atoms with Gasteiger partial charge in [-0.15, -0.1) is 0 Å². The van der Waals surface area contributed by atoms with Gasteiger partial charge in [-0.3, -0.25) is 4.40 Å². The van der Waals surface area contributed by atoms with Gasteiger partial charge in [0.15, 0.2) is 0 Å². The highest BCUT2D eigenvalue weighted by atomic mass is 16.5. The number of methoxy groups -OCH3 is 1. The highest BCUT2D eigenvalue weighted by molar-refractivity contribution is 5.52. The van der Waals surface area contributed by atoms with Gasteiger partial charge >= 0.3 is 0 Å². The van der Waals surface area contributed by atoms with E-state index in [1.165, 1.54) is 0 Å². The Bertz CT molecular complexity index is 739. The minimum atomic E-state index is 0.371. The number of aromatic nitrogens is 3. The number of hydrogen-bond acceptors (Lipinski definition) is 5. The fourth-order valence-corrected chi connectivity index (χ4v) is 1.93. The summed E-state index contributed by atoms with van der Waals surface area (Å²) in [6.07, 6.45) is 5.17. The van der Waals surface area contributed by atoms with E-state index in [9.17, 15) is 0 Å². The van der Waals surface area contributed by atoms with Gasteiger partial charge in [0.2, 0.25) is 5.65 Å². The van der Waals surface area contributed by atoms with Gasteiger partial charge in [-0.05, 0) is 17.7 Å². The van der Waals surface area contributed by atoms with E-state index in [2.05, 4.69) is 9.97 Å². The van der Waals surface area contributed by atoms with E-state index in [1.54, 1.807) is 30.1 Å². The summed E-state index contributed by atoms with van der Waals surface area (Å²) >= 11 is 0. The lowest BCUT2D eigenvalue weighted by molar-refractivity contribution is 0.295. The fourth-order valence-electron chi connectivity index (χ4n) is 1.93. The molecule has 0 aliphatic carbocycles. The molecule has 6 nitrogen and oxygen atoms in total. The van der Waals surface area contributed by atoms with Gasteiger partial charge in [-0.1, -0.05) is 12.1 Å². The van der Waals surface area contributed by atoms with E-state index in [1.807, 2.05) is 24.3 Å². The Labute approximate surface area is 115 Å². The van der Waals surface area contributed by atoms with Crippen molar-refractivity contribution in [2.45, 2.75) is 6.61 Å². The quantitative estimate of drug-likeness (QED) is 0.783. The number of imidazole rings is 1. The minimum absolute atomic E-state index is 0.371. The van der Waals surface area contributed by atoms with Crippen molar-refractivity contribution in [1.29, 1.82) is 0 Å². The lowest BCUT2D eigenvalue weighted by atomic mass is 10.2. The molecule has 6 heteroatoms. The first-order chi connectivity index (χ1) is 9.76. The number of anilines is 1. The summed E-state index contributed by atoms with van der Waals surface area (Å²) in [4.78, 5) is 8.37. The van der Waals surface area contributed by atoms with E-state index in [-0.39, 0.29) is 0 Å². The molecule has 0 saturated heterocycles. The third-order valence-electron chi connectivity index (χ3n) is 2.87. The minimum Gasteiger partial charge on any atom is -0.497 e. The topological polar surface area (TPSA) is 74.7 Å². The number of rotatable bonds is 4. The first-order valence-electron chi connectivity index (χ1n) is 6.11. The number of ether oxygens (including phenoxy) is 2. The van der Waals surface area contributed by atoms with Crippen LogP contribution in [0.25, 0.3) is 5.65 Å². The van der Waals surface area contributed by atoms with Crippen molar-refractivity contribution in [2.24, 2.45) is 0 Å². The molecule has 0 saturated carbocycles. The number of fused-ring (bicyclic) bond motifs is 1. The van der Waals surface area contributed by atoms with Gasteiger partial charge in [0.1, 0.15) is 18.2 Å². The first kappa shape index (κ1) is 12.3. The second-order valence-electron chi connectivity index (χ2n) is 4.27. The SMILES string of the molecule is COc1cccc(COc2nc(N)cn3ccnc23)c1. The maximum absolute atomic E-state index is 5.74. The van der Waals surface area contributed by atoms with E-state index in [0.717, 1.165) is 11.3 Å². The maximum atomic E-state index is 5.74. The van der Waals surface area contributed by atoms with Crippen molar-refractivity contribution in [1.82, 2.24) is 14.4 Å². The van der Waals surface area contributed by atoms with Crippen molar-refractivity contribution in [2.75, 3.05) is 12.8 Å². The van der Waals surface area contributed by atoms with Crippen LogP contribution in [0.1, 0.15) is 5.56 Å². The summed E-state index contributed by atoms with van der Waals surface area (Å²) in [5.74, 6) is 1.59. The van der Waals surface area contributed by atoms with E-state index in [0.29, 0.717) is 24.0 Å². The summed E-state index contributed by atoms with van der Waals surface area (Å²) in [7, 11) is 1.63. The average molecular weight is 270 g/mol. The molecule has 1 aromatic carbocycles. The second kappa shape index (κ2) is 5.08. The van der Waals surface area contributed by atoms with Crippen molar-refractivity contribution in [3.05, 3.63) is 48.4 Å². The standard InChI is InChI=1S/C14H14N4O2/c1-19-11-4-2-3-10(7-11)9-20-14-13-16-5-6-18(13)8-12(15)17-14/h2-8H,9,15H2,1H3. The molecule has 0 atom stereocenters. The predicted molar refractivity (Wildman–Crippen MR) is 74.7 cm³/mol. The average Bonchev–Trinajstić information content (AvgIpc) is 2.93. The van der Waals surface area contributed by atoms with Crippen LogP contribution in [0.2, 0.25) is 0 Å². The fraction of sp³-hybridized carbons (Fsp3) is 0.143. The lowest BCUT2D eigenvalue weighted by Gasteiger charge is -2.08. The van der Waals surface area contributed by atoms with Crippen LogP contribution in [0.15, 0.2) is 42.9 Å². The van der Waals surface area contributed by atoms with Gasteiger partial charge in [-0.25, -0.2) is 4.98 Å². The van der Waals surface area contributed by atoms with Crippen molar-refractivity contribution < 1.29 is 9.47 Å². The third-order valence-corrected chi connectivity index (χ3v) is 2.87. The molecule has 3 rings (SSSR count). The molecular formula is C14H14N4O2. The number of nitrogens with zero attached hydrogens (tertiary/aromatic N) is 3. The molecule has 102 valence electrons. The van der Waals surface area contributed by atoms with Crippen LogP contribution in [0.4, 0.5) is 5.82 Å². The zero-order valence-corrected chi connectivity index (χ0v) is 11.0. The molecule has 0 bridgehead atoms. The zero-order valence-electron chi connectivity index (χ0n) is 11.0. The van der Waals surface area contributed by atoms with Gasteiger partial charge < -0.3 is 15.2 Å². The molecular weight excluding hydrogens is 256 g/mol. The Morgan fingerprint density at radius 3 is 3.10 bits per heavy atom. The van der Waals surface area contributed by atoms with Crippen LogP contribution in [-0.2, 0) is 6.61 Å². The molecule has 3 aromatic rings. The molecule has 2 aromatic heterocycles. The molecule has 0 amide bonds. The Morgan fingerprint density at radius 2 is 2.25 bits per heavy atom. The van der Waals surface area contributed by atoms with Crippen LogP contribution in [-0.4, -0.2) is 21.5 Å². The zero-order chi connectivity index (χ0) is 13.9. The first-order valence-corrected chi connectivity index (χ1v) is 6.11. The molecule has 0 unspecified atom stereocenters. The smallest absolute Gasteiger partial charge is 0.260 e. The lowest BCUT2D eigenvalue weighted by Crippen LogP contribution is -2.03. The third kappa shape index (κ3) is 2.35. The summed E-state index contributed by atoms with van der Waals surface area (Å²) in [5, 5.41) is 0. The molecule has 0 aliphatic rings. The van der Waals surface area contributed by atoms with Crippen molar-refractivity contribution >= 4 is 11.5 Å². The number of nitrogens with two attached hydrogens (primary N) is 1. The summed E-state index contributed by atoms with van der Waals surface area (Å²) in [5.41, 5.74) is 7.36. The Balaban J connectivity index is 1.84. The summed E-state index contributed by atoms with van der Waals surface area (Å²) in [6.45, 7) is 0.371. The van der Waals surface area contributed by atoms with Crippen LogP contribution >= 0.6 is 0 Å². The van der Waals surface area contributed by atoms with Crippen LogP contribution in [0.3, 0.4) is 0 Å². The number of benzene rings is 1. The second-order valence-corrected chi connectivity index (χ2v) is 4.27. The maximum Gasteiger partial charge on any atom is 0.260 e.